The zero-order valence-corrected chi connectivity index (χ0v) is 9.90. The largest absolute Gasteiger partial charge is 0.497 e. The lowest BCUT2D eigenvalue weighted by molar-refractivity contribution is 0.415. The first-order valence-electron chi connectivity index (χ1n) is 5.37. The minimum atomic E-state index is 0.808. The monoisotopic (exact) mass is 229 g/mol. The molecule has 0 amide bonds. The Balaban J connectivity index is 2.08. The lowest BCUT2D eigenvalue weighted by atomic mass is 10.3. The van der Waals surface area contributed by atoms with Gasteiger partial charge < -0.3 is 9.72 Å². The molecular weight excluding hydrogens is 214 g/mol. The van der Waals surface area contributed by atoms with Crippen LogP contribution in [0.1, 0.15) is 12.6 Å². The quantitative estimate of drug-likeness (QED) is 0.625. The van der Waals surface area contributed by atoms with Crippen LogP contribution in [0.25, 0.3) is 0 Å². The molecular formula is C13H15N3O. The molecule has 1 aromatic carbocycles. The number of benzene rings is 1. The highest BCUT2D eigenvalue weighted by atomic mass is 16.5. The molecule has 0 fully saturated rings. The first kappa shape index (κ1) is 11.3. The maximum absolute atomic E-state index is 5.14. The number of H-pyrrole nitrogens is 1. The van der Waals surface area contributed by atoms with E-state index in [1.165, 1.54) is 0 Å². The van der Waals surface area contributed by atoms with Crippen LogP contribution in [0.3, 0.4) is 0 Å². The Kier molecular flexibility index (Phi) is 3.45. The Morgan fingerprint density at radius 1 is 1.29 bits per heavy atom. The molecule has 0 radical (unpaired) electrons. The summed E-state index contributed by atoms with van der Waals surface area (Å²) >= 11 is 0. The van der Waals surface area contributed by atoms with Gasteiger partial charge in [0.25, 0.3) is 0 Å². The van der Waals surface area contributed by atoms with Crippen LogP contribution in [0.5, 0.6) is 5.75 Å². The zero-order chi connectivity index (χ0) is 12.1. The first-order chi connectivity index (χ1) is 8.29. The van der Waals surface area contributed by atoms with Crippen molar-refractivity contribution in [1.29, 1.82) is 0 Å². The molecule has 0 atom stereocenters. The van der Waals surface area contributed by atoms with Gasteiger partial charge in [-0.1, -0.05) is 6.07 Å². The van der Waals surface area contributed by atoms with Crippen molar-refractivity contribution in [2.24, 2.45) is 5.10 Å². The molecule has 2 N–H and O–H groups in total. The number of anilines is 1. The number of nitrogens with one attached hydrogen (secondary N) is 2. The number of methoxy groups -OCH3 is 1. The minimum absolute atomic E-state index is 0.808. The topological polar surface area (TPSA) is 49.4 Å². The van der Waals surface area contributed by atoms with E-state index in [9.17, 15) is 0 Å². The van der Waals surface area contributed by atoms with E-state index in [-0.39, 0.29) is 0 Å². The molecule has 0 aliphatic carbocycles. The fraction of sp³-hybridized carbons (Fsp3) is 0.154. The van der Waals surface area contributed by atoms with Gasteiger partial charge in [0.1, 0.15) is 5.75 Å². The summed E-state index contributed by atoms with van der Waals surface area (Å²) in [6.07, 6.45) is 1.87. The summed E-state index contributed by atoms with van der Waals surface area (Å²) in [5.74, 6) is 0.808. The molecule has 4 nitrogen and oxygen atoms in total. The van der Waals surface area contributed by atoms with E-state index in [0.29, 0.717) is 0 Å². The maximum atomic E-state index is 5.14. The van der Waals surface area contributed by atoms with E-state index >= 15 is 0 Å². The Bertz CT molecular complexity index is 503. The van der Waals surface area contributed by atoms with Crippen LogP contribution < -0.4 is 10.2 Å². The number of hydrogen-bond donors (Lipinski definition) is 2. The van der Waals surface area contributed by atoms with Crippen LogP contribution >= 0.6 is 0 Å². The van der Waals surface area contributed by atoms with E-state index in [1.54, 1.807) is 7.11 Å². The Hall–Kier alpha value is -2.23. The summed E-state index contributed by atoms with van der Waals surface area (Å²) in [6, 6.07) is 11.6. The average Bonchev–Trinajstić information content (AvgIpc) is 2.90. The number of nitrogens with zero attached hydrogens (tertiary/aromatic N) is 1. The number of hydrazone groups is 1. The molecule has 0 aliphatic rings. The number of ether oxygens (including phenoxy) is 1. The van der Waals surface area contributed by atoms with Gasteiger partial charge in [0.05, 0.1) is 24.2 Å². The van der Waals surface area contributed by atoms with Gasteiger partial charge in [0.15, 0.2) is 0 Å². The zero-order valence-electron chi connectivity index (χ0n) is 9.90. The van der Waals surface area contributed by atoms with Gasteiger partial charge in [-0.05, 0) is 31.2 Å². The van der Waals surface area contributed by atoms with Gasteiger partial charge in [-0.3, -0.25) is 5.43 Å². The van der Waals surface area contributed by atoms with E-state index in [1.807, 2.05) is 49.5 Å². The van der Waals surface area contributed by atoms with Crippen LogP contribution in [0, 0.1) is 0 Å². The summed E-state index contributed by atoms with van der Waals surface area (Å²) in [5.41, 5.74) is 5.79. The molecule has 1 aromatic heterocycles. The summed E-state index contributed by atoms with van der Waals surface area (Å²) in [5, 5.41) is 4.29. The standard InChI is InChI=1S/C13H15N3O/c1-10(13-7-4-8-14-13)15-16-11-5-3-6-12(9-11)17-2/h3-9,14,16H,1-2H3. The van der Waals surface area contributed by atoms with Gasteiger partial charge in [-0.15, -0.1) is 0 Å². The highest BCUT2D eigenvalue weighted by Crippen LogP contribution is 2.16. The van der Waals surface area contributed by atoms with Gasteiger partial charge >= 0.3 is 0 Å². The smallest absolute Gasteiger partial charge is 0.120 e. The fourth-order valence-electron chi connectivity index (χ4n) is 1.46. The van der Waals surface area contributed by atoms with Crippen LogP contribution in [0.4, 0.5) is 5.69 Å². The van der Waals surface area contributed by atoms with E-state index in [4.69, 9.17) is 4.74 Å². The van der Waals surface area contributed by atoms with Gasteiger partial charge in [0.2, 0.25) is 0 Å². The number of rotatable bonds is 4. The van der Waals surface area contributed by atoms with Crippen LogP contribution in [-0.4, -0.2) is 17.8 Å². The predicted octanol–water partition coefficient (Wildman–Crippen LogP) is 2.86. The predicted molar refractivity (Wildman–Crippen MR) is 69.6 cm³/mol. The molecule has 1 heterocycles. The molecule has 4 heteroatoms. The second-order valence-corrected chi connectivity index (χ2v) is 3.62. The normalized spacial score (nSPS) is 11.3. The van der Waals surface area contributed by atoms with Crippen LogP contribution in [0.15, 0.2) is 47.7 Å². The lowest BCUT2D eigenvalue weighted by Gasteiger charge is -2.04. The van der Waals surface area contributed by atoms with Crippen molar-refractivity contribution in [3.8, 4) is 5.75 Å². The molecule has 0 saturated carbocycles. The van der Waals surface area contributed by atoms with Gasteiger partial charge in [-0.25, -0.2) is 0 Å². The Morgan fingerprint density at radius 2 is 2.18 bits per heavy atom. The summed E-state index contributed by atoms with van der Waals surface area (Å²) in [7, 11) is 1.65. The second-order valence-electron chi connectivity index (χ2n) is 3.62. The molecule has 0 bridgehead atoms. The molecule has 2 aromatic rings. The third-order valence-corrected chi connectivity index (χ3v) is 2.41. The summed E-state index contributed by atoms with van der Waals surface area (Å²) in [6.45, 7) is 1.94. The SMILES string of the molecule is COc1cccc(NN=C(C)c2ccc[nH]2)c1. The minimum Gasteiger partial charge on any atom is -0.497 e. The van der Waals surface area contributed by atoms with Crippen molar-refractivity contribution < 1.29 is 4.74 Å². The van der Waals surface area contributed by atoms with Gasteiger partial charge in [0, 0.05) is 12.3 Å². The lowest BCUT2D eigenvalue weighted by Crippen LogP contribution is -1.99. The van der Waals surface area contributed by atoms with Gasteiger partial charge in [-0.2, -0.15) is 5.10 Å². The van der Waals surface area contributed by atoms with Crippen molar-refractivity contribution >= 4 is 11.4 Å². The third kappa shape index (κ3) is 2.87. The average molecular weight is 229 g/mol. The van der Waals surface area contributed by atoms with Crippen molar-refractivity contribution in [1.82, 2.24) is 4.98 Å². The van der Waals surface area contributed by atoms with Crippen LogP contribution in [0.2, 0.25) is 0 Å². The van der Waals surface area contributed by atoms with Crippen molar-refractivity contribution in [3.63, 3.8) is 0 Å². The molecule has 0 saturated heterocycles. The van der Waals surface area contributed by atoms with Crippen molar-refractivity contribution in [2.75, 3.05) is 12.5 Å². The number of hydrogen-bond acceptors (Lipinski definition) is 3. The highest BCUT2D eigenvalue weighted by Gasteiger charge is 1.97. The van der Waals surface area contributed by atoms with E-state index in [0.717, 1.165) is 22.8 Å². The second kappa shape index (κ2) is 5.21. The Morgan fingerprint density at radius 3 is 2.88 bits per heavy atom. The summed E-state index contributed by atoms with van der Waals surface area (Å²) < 4.78 is 5.14. The first-order valence-corrected chi connectivity index (χ1v) is 5.37. The highest BCUT2D eigenvalue weighted by molar-refractivity contribution is 5.97. The molecule has 0 aliphatic heterocycles. The maximum Gasteiger partial charge on any atom is 0.120 e. The number of aromatic amines is 1. The number of aromatic nitrogens is 1. The summed E-state index contributed by atoms with van der Waals surface area (Å²) in [4.78, 5) is 3.10. The van der Waals surface area contributed by atoms with E-state index in [2.05, 4.69) is 15.5 Å². The van der Waals surface area contributed by atoms with Crippen molar-refractivity contribution in [3.05, 3.63) is 48.3 Å². The molecule has 88 valence electrons. The van der Waals surface area contributed by atoms with E-state index < -0.39 is 0 Å². The Labute approximate surface area is 100 Å². The molecule has 2 rings (SSSR count). The third-order valence-electron chi connectivity index (χ3n) is 2.41. The van der Waals surface area contributed by atoms with Crippen LogP contribution in [-0.2, 0) is 0 Å². The molecule has 0 spiro atoms. The van der Waals surface area contributed by atoms with Crippen molar-refractivity contribution in [2.45, 2.75) is 6.92 Å². The molecule has 0 unspecified atom stereocenters. The molecule has 17 heavy (non-hydrogen) atoms. The fourth-order valence-corrected chi connectivity index (χ4v) is 1.46.